The molecule has 3 rings (SSSR count). The molecule has 3 aromatic rings. The van der Waals surface area contributed by atoms with E-state index >= 15 is 0 Å². The summed E-state index contributed by atoms with van der Waals surface area (Å²) in [6.07, 6.45) is 0. The van der Waals surface area contributed by atoms with Crippen molar-refractivity contribution in [2.45, 2.75) is 0 Å². The topological polar surface area (TPSA) is 79.9 Å². The van der Waals surface area contributed by atoms with Crippen LogP contribution in [0.2, 0.25) is 0 Å². The van der Waals surface area contributed by atoms with Gasteiger partial charge in [0.1, 0.15) is 0 Å². The van der Waals surface area contributed by atoms with E-state index in [4.69, 9.17) is 5.73 Å². The van der Waals surface area contributed by atoms with E-state index in [-0.39, 0.29) is 5.52 Å². The van der Waals surface area contributed by atoms with Gasteiger partial charge in [-0.3, -0.25) is 0 Å². The second-order valence-electron chi connectivity index (χ2n) is 3.97. The number of hydrogen-bond donors (Lipinski definition) is 1. The summed E-state index contributed by atoms with van der Waals surface area (Å²) in [7, 11) is 0. The summed E-state index contributed by atoms with van der Waals surface area (Å²) in [5, 5.41) is 24.4. The highest BCUT2D eigenvalue weighted by Crippen LogP contribution is 2.18. The van der Waals surface area contributed by atoms with Crippen molar-refractivity contribution in [1.29, 1.82) is 0 Å². The summed E-state index contributed by atoms with van der Waals surface area (Å²) >= 11 is 3.28. The van der Waals surface area contributed by atoms with Gasteiger partial charge in [0.2, 0.25) is 0 Å². The molecule has 0 fully saturated rings. The van der Waals surface area contributed by atoms with Crippen molar-refractivity contribution in [2.75, 3.05) is 5.73 Å². The van der Waals surface area contributed by atoms with Crippen LogP contribution in [0.25, 0.3) is 22.1 Å². The Bertz CT molecular complexity index is 726. The van der Waals surface area contributed by atoms with Crippen LogP contribution in [0.3, 0.4) is 0 Å². The highest BCUT2D eigenvalue weighted by atomic mass is 79.9. The minimum absolute atomic E-state index is 0.260. The van der Waals surface area contributed by atoms with Crippen molar-refractivity contribution >= 4 is 43.7 Å². The number of rotatable bonds is 0. The monoisotopic (exact) mass is 305 g/mol. The van der Waals surface area contributed by atoms with Gasteiger partial charge < -0.3 is 16.1 Å². The molecule has 0 atom stereocenters. The van der Waals surface area contributed by atoms with Gasteiger partial charge in [-0.2, -0.15) is 9.46 Å². The average Bonchev–Trinajstić information content (AvgIpc) is 2.35. The minimum Gasteiger partial charge on any atom is -0.617 e. The number of hydrogen-bond acceptors (Lipinski definition) is 3. The SMILES string of the molecule is Nc1ccc2c(c1)[n+]([O-])c1cc(Br)ccc1[n+]2[O-]. The Morgan fingerprint density at radius 2 is 1.39 bits per heavy atom. The Morgan fingerprint density at radius 1 is 0.833 bits per heavy atom. The lowest BCUT2D eigenvalue weighted by atomic mass is 10.2. The molecule has 6 heteroatoms. The third-order valence-electron chi connectivity index (χ3n) is 2.81. The normalized spacial score (nSPS) is 11.2. The van der Waals surface area contributed by atoms with E-state index in [1.165, 1.54) is 6.07 Å². The summed E-state index contributed by atoms with van der Waals surface area (Å²) in [6.45, 7) is 0. The van der Waals surface area contributed by atoms with E-state index in [0.29, 0.717) is 22.2 Å². The Morgan fingerprint density at radius 3 is 2.11 bits per heavy atom. The first-order valence-electron chi connectivity index (χ1n) is 5.21. The van der Waals surface area contributed by atoms with Crippen LogP contribution in [0, 0.1) is 10.4 Å². The Labute approximate surface area is 110 Å². The standard InChI is InChI=1S/C12H8BrN3O2/c13-7-1-3-9-11(5-7)16(18)12-6-8(14)2-4-10(12)15(9)17/h1-6H,14H2. The van der Waals surface area contributed by atoms with Crippen LogP contribution in [0.5, 0.6) is 0 Å². The zero-order chi connectivity index (χ0) is 12.9. The van der Waals surface area contributed by atoms with Gasteiger partial charge in [0.25, 0.3) is 22.1 Å². The lowest BCUT2D eigenvalue weighted by molar-refractivity contribution is -0.591. The van der Waals surface area contributed by atoms with E-state index in [1.54, 1.807) is 30.3 Å². The van der Waals surface area contributed by atoms with Gasteiger partial charge in [-0.15, -0.1) is 0 Å². The van der Waals surface area contributed by atoms with Crippen LogP contribution in [0.15, 0.2) is 40.9 Å². The molecule has 0 amide bonds. The van der Waals surface area contributed by atoms with Crippen molar-refractivity contribution in [1.82, 2.24) is 0 Å². The summed E-state index contributed by atoms with van der Waals surface area (Å²) in [6, 6.07) is 9.59. The molecule has 0 bridgehead atoms. The fraction of sp³-hybridized carbons (Fsp3) is 0. The number of nitrogens with two attached hydrogens (primary N) is 1. The highest BCUT2D eigenvalue weighted by molar-refractivity contribution is 9.10. The lowest BCUT2D eigenvalue weighted by Gasteiger charge is -2.07. The summed E-state index contributed by atoms with van der Waals surface area (Å²) in [4.78, 5) is 0. The van der Waals surface area contributed by atoms with Gasteiger partial charge in [-0.05, 0) is 12.1 Å². The molecule has 2 N–H and O–H groups in total. The predicted molar refractivity (Wildman–Crippen MR) is 71.5 cm³/mol. The van der Waals surface area contributed by atoms with Gasteiger partial charge in [0, 0.05) is 34.4 Å². The molecule has 0 saturated heterocycles. The van der Waals surface area contributed by atoms with E-state index in [9.17, 15) is 10.4 Å². The van der Waals surface area contributed by atoms with Crippen LogP contribution < -0.4 is 15.2 Å². The highest BCUT2D eigenvalue weighted by Gasteiger charge is 2.21. The summed E-state index contributed by atoms with van der Waals surface area (Å²) in [5.74, 6) is 0. The van der Waals surface area contributed by atoms with Crippen molar-refractivity contribution < 1.29 is 9.46 Å². The third kappa shape index (κ3) is 1.46. The number of nitrogen functional groups attached to an aromatic ring is 1. The molecule has 0 aliphatic heterocycles. The first-order chi connectivity index (χ1) is 8.58. The van der Waals surface area contributed by atoms with Gasteiger partial charge in [0.15, 0.2) is 0 Å². The third-order valence-corrected chi connectivity index (χ3v) is 3.31. The van der Waals surface area contributed by atoms with Gasteiger partial charge in [0.05, 0.1) is 0 Å². The second kappa shape index (κ2) is 3.71. The number of benzene rings is 2. The van der Waals surface area contributed by atoms with Gasteiger partial charge in [-0.25, -0.2) is 0 Å². The summed E-state index contributed by atoms with van der Waals surface area (Å²) in [5.41, 5.74) is 7.28. The summed E-state index contributed by atoms with van der Waals surface area (Å²) < 4.78 is 2.20. The first kappa shape index (κ1) is 11.0. The zero-order valence-electron chi connectivity index (χ0n) is 9.13. The van der Waals surface area contributed by atoms with Crippen molar-refractivity contribution in [3.8, 4) is 0 Å². The molecule has 18 heavy (non-hydrogen) atoms. The number of anilines is 1. The molecular weight excluding hydrogens is 298 g/mol. The molecule has 1 aromatic heterocycles. The Balaban J connectivity index is 2.61. The van der Waals surface area contributed by atoms with E-state index in [0.717, 1.165) is 13.9 Å². The molecule has 0 saturated carbocycles. The van der Waals surface area contributed by atoms with E-state index in [1.807, 2.05) is 0 Å². The quantitative estimate of drug-likeness (QED) is 0.296. The Kier molecular flexibility index (Phi) is 2.27. The molecule has 0 spiro atoms. The molecule has 5 nitrogen and oxygen atoms in total. The smallest absolute Gasteiger partial charge is 0.292 e. The molecule has 2 aromatic carbocycles. The average molecular weight is 306 g/mol. The van der Waals surface area contributed by atoms with Gasteiger partial charge in [-0.1, -0.05) is 15.9 Å². The zero-order valence-corrected chi connectivity index (χ0v) is 10.7. The van der Waals surface area contributed by atoms with Crippen LogP contribution in [-0.4, -0.2) is 0 Å². The Hall–Kier alpha value is -2.08. The maximum Gasteiger partial charge on any atom is 0.292 e. The minimum atomic E-state index is 0.260. The molecule has 90 valence electrons. The van der Waals surface area contributed by atoms with Gasteiger partial charge >= 0.3 is 0 Å². The maximum atomic E-state index is 12.2. The molecule has 0 unspecified atom stereocenters. The molecule has 0 radical (unpaired) electrons. The maximum absolute atomic E-state index is 12.2. The largest absolute Gasteiger partial charge is 0.617 e. The van der Waals surface area contributed by atoms with Crippen LogP contribution in [0.4, 0.5) is 5.69 Å². The molecule has 0 aliphatic carbocycles. The van der Waals surface area contributed by atoms with Crippen LogP contribution in [0.1, 0.15) is 0 Å². The van der Waals surface area contributed by atoms with Crippen LogP contribution >= 0.6 is 15.9 Å². The molecule has 1 heterocycles. The number of halogens is 1. The fourth-order valence-electron chi connectivity index (χ4n) is 1.97. The van der Waals surface area contributed by atoms with Crippen molar-refractivity contribution in [3.05, 3.63) is 51.3 Å². The predicted octanol–water partition coefficient (Wildman–Crippen LogP) is 1.60. The number of aromatic nitrogens is 2. The molecular formula is C12H8BrN3O2. The fourth-order valence-corrected chi connectivity index (χ4v) is 2.31. The van der Waals surface area contributed by atoms with E-state index in [2.05, 4.69) is 15.9 Å². The van der Waals surface area contributed by atoms with Crippen molar-refractivity contribution in [3.63, 3.8) is 0 Å². The number of nitrogens with zero attached hydrogens (tertiary/aromatic N) is 2. The molecule has 0 aliphatic rings. The lowest BCUT2D eigenvalue weighted by Crippen LogP contribution is -2.39. The number of fused-ring (bicyclic) bond motifs is 2. The van der Waals surface area contributed by atoms with Crippen LogP contribution in [-0.2, 0) is 0 Å². The van der Waals surface area contributed by atoms with Crippen molar-refractivity contribution in [2.24, 2.45) is 0 Å². The first-order valence-corrected chi connectivity index (χ1v) is 6.01. The van der Waals surface area contributed by atoms with E-state index < -0.39 is 0 Å². The second-order valence-corrected chi connectivity index (χ2v) is 4.89.